The molecule has 1 aromatic carbocycles. The molecule has 32 heavy (non-hydrogen) atoms. The highest BCUT2D eigenvalue weighted by Crippen LogP contribution is 2.29. The zero-order valence-corrected chi connectivity index (χ0v) is 19.9. The molecule has 0 unspecified atom stereocenters. The van der Waals surface area contributed by atoms with Gasteiger partial charge in [-0.25, -0.2) is 4.79 Å². The van der Waals surface area contributed by atoms with Crippen LogP contribution in [-0.2, 0) is 4.79 Å². The molecular weight excluding hydrogens is 451 g/mol. The molecule has 0 radical (unpaired) electrons. The molecule has 1 saturated heterocycles. The minimum absolute atomic E-state index is 0.0445. The number of amides is 3. The van der Waals surface area contributed by atoms with E-state index in [9.17, 15) is 9.59 Å². The third kappa shape index (κ3) is 6.01. The Morgan fingerprint density at radius 2 is 1.81 bits per heavy atom. The maximum absolute atomic E-state index is 12.7. The van der Waals surface area contributed by atoms with Crippen LogP contribution < -0.4 is 10.2 Å². The molecule has 0 bridgehead atoms. The first-order chi connectivity index (χ1) is 15.4. The van der Waals surface area contributed by atoms with Gasteiger partial charge in [0.2, 0.25) is 5.91 Å². The summed E-state index contributed by atoms with van der Waals surface area (Å²) in [5.41, 5.74) is 1.44. The lowest BCUT2D eigenvalue weighted by Crippen LogP contribution is -2.53. The zero-order valence-electron chi connectivity index (χ0n) is 18.4. The average molecular weight is 479 g/mol. The molecule has 3 amide bonds. The van der Waals surface area contributed by atoms with Crippen molar-refractivity contribution in [3.8, 4) is 11.3 Å². The van der Waals surface area contributed by atoms with E-state index in [1.54, 1.807) is 17.0 Å². The van der Waals surface area contributed by atoms with Gasteiger partial charge in [0.1, 0.15) is 6.54 Å². The molecule has 1 aliphatic heterocycles. The number of piperazine rings is 1. The SMILES string of the molecule is CCCNC(=O)N(CC)CC(=O)N1CCN(c2ccc(-c3ccc(Cl)cc3Cl)nn2)CC1. The molecule has 1 aliphatic rings. The fraction of sp³-hybridized carbons (Fsp3) is 0.455. The molecule has 8 nitrogen and oxygen atoms in total. The van der Waals surface area contributed by atoms with Gasteiger partial charge in [0.15, 0.2) is 5.82 Å². The van der Waals surface area contributed by atoms with Crippen LogP contribution in [0.4, 0.5) is 10.6 Å². The second-order valence-corrected chi connectivity index (χ2v) is 8.36. The number of rotatable bonds is 7. The van der Waals surface area contributed by atoms with Crippen molar-refractivity contribution in [1.82, 2.24) is 25.3 Å². The Bertz CT molecular complexity index is 933. The molecule has 1 aromatic heterocycles. The summed E-state index contributed by atoms with van der Waals surface area (Å²) in [7, 11) is 0. The van der Waals surface area contributed by atoms with E-state index in [0.29, 0.717) is 55.0 Å². The van der Waals surface area contributed by atoms with Crippen LogP contribution in [0.2, 0.25) is 10.0 Å². The number of hydrogen-bond donors (Lipinski definition) is 1. The number of benzene rings is 1. The smallest absolute Gasteiger partial charge is 0.317 e. The van der Waals surface area contributed by atoms with Crippen molar-refractivity contribution in [2.75, 3.05) is 50.7 Å². The standard InChI is InChI=1S/C22H28Cl2N6O2/c1-3-9-25-22(32)28(4-2)15-21(31)30-12-10-29(11-13-30)20-8-7-19(26-27-20)17-6-5-16(23)14-18(17)24/h5-8,14H,3-4,9-13,15H2,1-2H3,(H,25,32). The van der Waals surface area contributed by atoms with Gasteiger partial charge in [-0.3, -0.25) is 4.79 Å². The number of aromatic nitrogens is 2. The fourth-order valence-corrected chi connectivity index (χ4v) is 3.96. The van der Waals surface area contributed by atoms with Crippen molar-refractivity contribution in [3.05, 3.63) is 40.4 Å². The normalized spacial score (nSPS) is 13.8. The van der Waals surface area contributed by atoms with E-state index in [0.717, 1.165) is 17.8 Å². The highest BCUT2D eigenvalue weighted by Gasteiger charge is 2.24. The summed E-state index contributed by atoms with van der Waals surface area (Å²) in [6.07, 6.45) is 0.857. The fourth-order valence-electron chi connectivity index (χ4n) is 3.45. The topological polar surface area (TPSA) is 81.7 Å². The van der Waals surface area contributed by atoms with Crippen LogP contribution in [0.15, 0.2) is 30.3 Å². The van der Waals surface area contributed by atoms with Gasteiger partial charge in [-0.1, -0.05) is 30.1 Å². The van der Waals surface area contributed by atoms with Gasteiger partial charge in [0, 0.05) is 49.9 Å². The molecule has 1 fully saturated rings. The summed E-state index contributed by atoms with van der Waals surface area (Å²) in [6, 6.07) is 8.85. The quantitative estimate of drug-likeness (QED) is 0.657. The molecule has 2 aromatic rings. The van der Waals surface area contributed by atoms with Crippen molar-refractivity contribution in [3.63, 3.8) is 0 Å². The first kappa shape index (κ1) is 24.1. The van der Waals surface area contributed by atoms with Crippen molar-refractivity contribution >= 4 is 41.0 Å². The van der Waals surface area contributed by atoms with E-state index < -0.39 is 0 Å². The Morgan fingerprint density at radius 3 is 2.41 bits per heavy atom. The molecule has 0 saturated carbocycles. The number of nitrogens with one attached hydrogen (secondary N) is 1. The predicted molar refractivity (Wildman–Crippen MR) is 127 cm³/mol. The summed E-state index contributed by atoms with van der Waals surface area (Å²) in [4.78, 5) is 30.3. The molecule has 172 valence electrons. The van der Waals surface area contributed by atoms with Gasteiger partial charge in [-0.05, 0) is 43.7 Å². The number of urea groups is 1. The molecule has 0 spiro atoms. The van der Waals surface area contributed by atoms with Crippen LogP contribution in [0.1, 0.15) is 20.3 Å². The molecule has 0 aliphatic carbocycles. The second kappa shape index (κ2) is 11.3. The molecule has 10 heteroatoms. The lowest BCUT2D eigenvalue weighted by Gasteiger charge is -2.36. The van der Waals surface area contributed by atoms with Gasteiger partial charge in [-0.2, -0.15) is 0 Å². The van der Waals surface area contributed by atoms with E-state index in [-0.39, 0.29) is 18.5 Å². The van der Waals surface area contributed by atoms with E-state index in [2.05, 4.69) is 20.4 Å². The maximum Gasteiger partial charge on any atom is 0.317 e. The second-order valence-electron chi connectivity index (χ2n) is 7.51. The highest BCUT2D eigenvalue weighted by atomic mass is 35.5. The first-order valence-corrected chi connectivity index (χ1v) is 11.5. The molecular formula is C22H28Cl2N6O2. The third-order valence-corrected chi connectivity index (χ3v) is 5.88. The Morgan fingerprint density at radius 1 is 1.06 bits per heavy atom. The Labute approximate surface area is 198 Å². The van der Waals surface area contributed by atoms with Gasteiger partial charge in [0.25, 0.3) is 0 Å². The number of likely N-dealkylation sites (N-methyl/N-ethyl adjacent to an activating group) is 1. The van der Waals surface area contributed by atoms with Crippen molar-refractivity contribution in [2.45, 2.75) is 20.3 Å². The van der Waals surface area contributed by atoms with E-state index in [1.807, 2.05) is 32.0 Å². The number of hydrogen-bond acceptors (Lipinski definition) is 5. The number of carbonyl (C=O) groups excluding carboxylic acids is 2. The van der Waals surface area contributed by atoms with Crippen molar-refractivity contribution < 1.29 is 9.59 Å². The summed E-state index contributed by atoms with van der Waals surface area (Å²) in [5, 5.41) is 12.6. The molecule has 1 N–H and O–H groups in total. The number of anilines is 1. The average Bonchev–Trinajstić information content (AvgIpc) is 2.81. The molecule has 0 atom stereocenters. The van der Waals surface area contributed by atoms with E-state index in [4.69, 9.17) is 23.2 Å². The number of halogens is 2. The Kier molecular flexibility index (Phi) is 8.53. The van der Waals surface area contributed by atoms with Crippen LogP contribution >= 0.6 is 23.2 Å². The van der Waals surface area contributed by atoms with Gasteiger partial charge in [-0.15, -0.1) is 10.2 Å². The maximum atomic E-state index is 12.7. The van der Waals surface area contributed by atoms with E-state index >= 15 is 0 Å². The Hall–Kier alpha value is -2.58. The van der Waals surface area contributed by atoms with E-state index in [1.165, 1.54) is 4.90 Å². The largest absolute Gasteiger partial charge is 0.352 e. The lowest BCUT2D eigenvalue weighted by molar-refractivity contribution is -0.132. The van der Waals surface area contributed by atoms with Crippen LogP contribution in [0.3, 0.4) is 0 Å². The minimum atomic E-state index is -0.197. The number of carbonyl (C=O) groups is 2. The van der Waals surface area contributed by atoms with Crippen LogP contribution in [0.5, 0.6) is 0 Å². The summed E-state index contributed by atoms with van der Waals surface area (Å²) in [5.74, 6) is 0.706. The third-order valence-electron chi connectivity index (χ3n) is 5.34. The Balaban J connectivity index is 1.55. The zero-order chi connectivity index (χ0) is 23.1. The summed E-state index contributed by atoms with van der Waals surface area (Å²) in [6.45, 7) is 7.47. The van der Waals surface area contributed by atoms with Gasteiger partial charge in [0.05, 0.1) is 10.7 Å². The lowest BCUT2D eigenvalue weighted by atomic mass is 10.1. The van der Waals surface area contributed by atoms with Crippen LogP contribution in [-0.4, -0.2) is 77.7 Å². The predicted octanol–water partition coefficient (Wildman–Crippen LogP) is 3.54. The molecule has 2 heterocycles. The minimum Gasteiger partial charge on any atom is -0.352 e. The summed E-state index contributed by atoms with van der Waals surface area (Å²) >= 11 is 12.2. The monoisotopic (exact) mass is 478 g/mol. The van der Waals surface area contributed by atoms with Gasteiger partial charge < -0.3 is 20.0 Å². The van der Waals surface area contributed by atoms with Crippen LogP contribution in [0.25, 0.3) is 11.3 Å². The number of nitrogens with zero attached hydrogens (tertiary/aromatic N) is 5. The highest BCUT2D eigenvalue weighted by molar-refractivity contribution is 6.36. The summed E-state index contributed by atoms with van der Waals surface area (Å²) < 4.78 is 0. The first-order valence-electron chi connectivity index (χ1n) is 10.8. The molecule has 3 rings (SSSR count). The van der Waals surface area contributed by atoms with Crippen molar-refractivity contribution in [1.29, 1.82) is 0 Å². The van der Waals surface area contributed by atoms with Crippen molar-refractivity contribution in [2.24, 2.45) is 0 Å². The van der Waals surface area contributed by atoms with Gasteiger partial charge >= 0.3 is 6.03 Å². The van der Waals surface area contributed by atoms with Crippen LogP contribution in [0, 0.1) is 0 Å².